The van der Waals surface area contributed by atoms with Gasteiger partial charge in [0.2, 0.25) is 0 Å². The summed E-state index contributed by atoms with van der Waals surface area (Å²) in [7, 11) is 0. The second-order valence-electron chi connectivity index (χ2n) is 4.21. The van der Waals surface area contributed by atoms with Gasteiger partial charge in [-0.1, -0.05) is 20.8 Å². The summed E-state index contributed by atoms with van der Waals surface area (Å²) < 4.78 is 1.12. The first kappa shape index (κ1) is 18.6. The topological polar surface area (TPSA) is 83.4 Å². The number of nitrogens with zero attached hydrogens (tertiary/aromatic N) is 1. The van der Waals surface area contributed by atoms with Crippen LogP contribution in [-0.2, 0) is 0 Å². The molecule has 0 aliphatic rings. The van der Waals surface area contributed by atoms with Crippen LogP contribution in [0.3, 0.4) is 0 Å². The van der Waals surface area contributed by atoms with Gasteiger partial charge in [0.25, 0.3) is 0 Å². The van der Waals surface area contributed by atoms with Crippen LogP contribution < -0.4 is 10.2 Å². The fourth-order valence-corrected chi connectivity index (χ4v) is 2.31. The number of quaternary nitrogens is 1. The fourth-order valence-electron chi connectivity index (χ4n) is 2.31. The van der Waals surface area contributed by atoms with E-state index in [0.717, 1.165) is 11.0 Å². The summed E-state index contributed by atoms with van der Waals surface area (Å²) >= 11 is 0. The highest BCUT2D eigenvalue weighted by Crippen LogP contribution is 2.10. The molecule has 17 heavy (non-hydrogen) atoms. The molecule has 5 heteroatoms. The molecule has 0 saturated heterocycles. The van der Waals surface area contributed by atoms with Gasteiger partial charge in [-0.3, -0.25) is 0 Å². The highest BCUT2D eigenvalue weighted by molar-refractivity contribution is 5.47. The van der Waals surface area contributed by atoms with E-state index in [1.165, 1.54) is 38.9 Å². The molecule has 0 atom stereocenters. The van der Waals surface area contributed by atoms with Gasteiger partial charge in [-0.15, -0.1) is 0 Å². The molecule has 0 aromatic carbocycles. The monoisotopic (exact) mass is 249 g/mol. The van der Waals surface area contributed by atoms with Gasteiger partial charge < -0.3 is 24.6 Å². The quantitative estimate of drug-likeness (QED) is 0.598. The van der Waals surface area contributed by atoms with Crippen LogP contribution in [0.25, 0.3) is 0 Å². The number of hydrogen-bond donors (Lipinski definition) is 1. The van der Waals surface area contributed by atoms with E-state index in [9.17, 15) is 0 Å². The molecule has 104 valence electrons. The van der Waals surface area contributed by atoms with Crippen molar-refractivity contribution in [2.75, 3.05) is 32.8 Å². The van der Waals surface area contributed by atoms with E-state index in [-0.39, 0.29) is 1.43 Å². The summed E-state index contributed by atoms with van der Waals surface area (Å²) in [5, 5.41) is 25.7. The van der Waals surface area contributed by atoms with Crippen molar-refractivity contribution in [1.82, 2.24) is 0 Å². The van der Waals surface area contributed by atoms with Crippen LogP contribution in [0.1, 0.15) is 41.5 Å². The maximum absolute atomic E-state index is 9.07. The average molecular weight is 249 g/mol. The van der Waals surface area contributed by atoms with Crippen molar-refractivity contribution in [1.29, 1.82) is 0 Å². The molecule has 0 spiro atoms. The lowest BCUT2D eigenvalue weighted by Crippen LogP contribution is -2.51. The largest absolute Gasteiger partial charge is 1.00 e. The Kier molecular flexibility index (Phi) is 12.7. The molecule has 0 rings (SSSR count). The maximum Gasteiger partial charge on any atom is 1.00 e. The number of rotatable bonds is 8. The number of aliphatic hydroxyl groups excluding tert-OH is 1. The van der Waals surface area contributed by atoms with Gasteiger partial charge >= 0.3 is 1.43 Å². The average Bonchev–Trinajstić information content (AvgIpc) is 2.18. The van der Waals surface area contributed by atoms with E-state index in [1.807, 2.05) is 0 Å². The van der Waals surface area contributed by atoms with Gasteiger partial charge in [0.05, 0.1) is 26.2 Å². The predicted molar refractivity (Wildman–Crippen MR) is 64.2 cm³/mol. The molecule has 0 aliphatic heterocycles. The summed E-state index contributed by atoms with van der Waals surface area (Å²) in [6.45, 7) is 11.6. The zero-order valence-corrected chi connectivity index (χ0v) is 11.3. The minimum absolute atomic E-state index is 0. The van der Waals surface area contributed by atoms with Crippen molar-refractivity contribution in [2.45, 2.75) is 40.0 Å². The van der Waals surface area contributed by atoms with E-state index in [2.05, 4.69) is 20.8 Å². The van der Waals surface area contributed by atoms with Crippen molar-refractivity contribution in [3.8, 4) is 0 Å². The first-order chi connectivity index (χ1) is 7.97. The van der Waals surface area contributed by atoms with E-state index in [0.29, 0.717) is 6.61 Å². The Morgan fingerprint density at radius 3 is 1.47 bits per heavy atom. The zero-order valence-electron chi connectivity index (χ0n) is 12.3. The van der Waals surface area contributed by atoms with Crippen molar-refractivity contribution in [2.24, 2.45) is 0 Å². The molecule has 0 unspecified atom stereocenters. The van der Waals surface area contributed by atoms with E-state index in [4.69, 9.17) is 20.1 Å². The molecule has 0 aromatic heterocycles. The number of carbonyl (C=O) groups is 1. The van der Waals surface area contributed by atoms with Gasteiger partial charge in [0.15, 0.2) is 0 Å². The van der Waals surface area contributed by atoms with Crippen LogP contribution in [-0.4, -0.2) is 48.5 Å². The number of aliphatic hydroxyl groups is 1. The van der Waals surface area contributed by atoms with Crippen molar-refractivity contribution in [3.63, 3.8) is 0 Å². The van der Waals surface area contributed by atoms with Crippen LogP contribution in [0.5, 0.6) is 0 Å². The van der Waals surface area contributed by atoms with Crippen LogP contribution >= 0.6 is 0 Å². The number of carboxylic acid groups (broad SMARTS) is 2. The standard InChI is InChI=1S/C11H26NO.CH2O3/c1-4-7-12(8-5-2,9-6-3)10-11-13;2-1(3)4/h13H,4-11H2,1-3H3;(H2,2,3,4)/q+1;/p-1. The van der Waals surface area contributed by atoms with E-state index < -0.39 is 6.16 Å². The van der Waals surface area contributed by atoms with Gasteiger partial charge in [-0.2, -0.15) is 0 Å². The minimum Gasteiger partial charge on any atom is -0.652 e. The summed E-state index contributed by atoms with van der Waals surface area (Å²) in [6, 6.07) is 0. The number of hydrogen-bond acceptors (Lipinski definition) is 4. The highest BCUT2D eigenvalue weighted by atomic mass is 16.6. The highest BCUT2D eigenvalue weighted by Gasteiger charge is 2.23. The van der Waals surface area contributed by atoms with Gasteiger partial charge in [-0.25, -0.2) is 0 Å². The Bertz CT molecular complexity index is 157. The molecular formula is C12H27NO4. The first-order valence-electron chi connectivity index (χ1n) is 6.31. The lowest BCUT2D eigenvalue weighted by molar-refractivity contribution is -0.928. The summed E-state index contributed by atoms with van der Waals surface area (Å²) in [4.78, 5) is 8.33. The van der Waals surface area contributed by atoms with Gasteiger partial charge in [0, 0.05) is 0 Å². The van der Waals surface area contributed by atoms with Crippen LogP contribution in [0, 0.1) is 0 Å². The van der Waals surface area contributed by atoms with Gasteiger partial charge in [-0.05, 0) is 25.4 Å². The molecule has 0 heterocycles. The number of carbonyl (C=O) groups excluding carboxylic acids is 1. The first-order valence-corrected chi connectivity index (χ1v) is 6.31. The molecule has 1 N–H and O–H groups in total. The molecular weight excluding hydrogens is 222 g/mol. The normalized spacial score (nSPS) is 10.6. The second kappa shape index (κ2) is 11.7. The fraction of sp³-hybridized carbons (Fsp3) is 0.917. The van der Waals surface area contributed by atoms with Crippen LogP contribution in [0.4, 0.5) is 4.79 Å². The molecule has 0 amide bonds. The SMILES string of the molecule is CCC[N+](CCC)(CCC)CCO.O=C([O-])[O-].[H+]. The van der Waals surface area contributed by atoms with Crippen molar-refractivity contribution in [3.05, 3.63) is 0 Å². The minimum atomic E-state index is -2.33. The molecule has 0 radical (unpaired) electrons. The Morgan fingerprint density at radius 2 is 1.29 bits per heavy atom. The predicted octanol–water partition coefficient (Wildman–Crippen LogP) is -0.309. The third-order valence-electron chi connectivity index (χ3n) is 2.67. The lowest BCUT2D eigenvalue weighted by atomic mass is 10.2. The summed E-state index contributed by atoms with van der Waals surface area (Å²) in [5.74, 6) is 0. The van der Waals surface area contributed by atoms with Crippen LogP contribution in [0.15, 0.2) is 0 Å². The van der Waals surface area contributed by atoms with Crippen LogP contribution in [0.2, 0.25) is 0 Å². The summed E-state index contributed by atoms with van der Waals surface area (Å²) in [5.41, 5.74) is 0. The third kappa shape index (κ3) is 11.5. The Balaban J connectivity index is -0.000000392. The zero-order chi connectivity index (χ0) is 13.7. The Morgan fingerprint density at radius 1 is 1.00 bits per heavy atom. The Hall–Kier alpha value is -0.810. The molecule has 0 bridgehead atoms. The summed E-state index contributed by atoms with van der Waals surface area (Å²) in [6.07, 6.45) is 1.33. The van der Waals surface area contributed by atoms with E-state index in [1.54, 1.807) is 0 Å². The molecule has 0 aliphatic carbocycles. The third-order valence-corrected chi connectivity index (χ3v) is 2.67. The van der Waals surface area contributed by atoms with Gasteiger partial charge in [0.1, 0.15) is 6.54 Å². The lowest BCUT2D eigenvalue weighted by Gasteiger charge is -2.38. The van der Waals surface area contributed by atoms with E-state index >= 15 is 0 Å². The van der Waals surface area contributed by atoms with Crippen molar-refractivity contribution < 1.29 is 26.0 Å². The molecule has 0 saturated carbocycles. The second-order valence-corrected chi connectivity index (χ2v) is 4.21. The molecule has 5 nitrogen and oxygen atoms in total. The van der Waals surface area contributed by atoms with Crippen molar-refractivity contribution >= 4 is 6.16 Å². The maximum atomic E-state index is 9.07. The smallest absolute Gasteiger partial charge is 0.652 e. The molecule has 0 fully saturated rings. The molecule has 0 aromatic rings. The Labute approximate surface area is 106 Å².